The molecule has 1 aliphatic rings. The second-order valence-electron chi connectivity index (χ2n) is 4.57. The first-order valence-electron chi connectivity index (χ1n) is 6.66. The number of pyridine rings is 1. The minimum absolute atomic E-state index is 0.0691. The highest BCUT2D eigenvalue weighted by Crippen LogP contribution is 2.29. The Bertz CT molecular complexity index is 436. The summed E-state index contributed by atoms with van der Waals surface area (Å²) in [7, 11) is 1.63. The molecule has 0 aromatic carbocycles. The molecule has 1 atom stereocenters. The topological polar surface area (TPSA) is 51.7 Å². The van der Waals surface area contributed by atoms with Crippen LogP contribution in [0.5, 0.6) is 5.75 Å². The summed E-state index contributed by atoms with van der Waals surface area (Å²) >= 11 is 0. The molecule has 1 fully saturated rings. The van der Waals surface area contributed by atoms with Crippen LogP contribution in [0.4, 0.5) is 5.82 Å². The molecule has 0 bridgehead atoms. The van der Waals surface area contributed by atoms with Gasteiger partial charge in [-0.1, -0.05) is 0 Å². The second-order valence-corrected chi connectivity index (χ2v) is 4.57. The van der Waals surface area contributed by atoms with E-state index in [0.29, 0.717) is 13.2 Å². The average molecular weight is 264 g/mol. The number of hydrogen-bond acceptors (Lipinski definition) is 5. The van der Waals surface area contributed by atoms with Crippen molar-refractivity contribution in [1.29, 1.82) is 0 Å². The molecule has 0 spiro atoms. The third-order valence-corrected chi connectivity index (χ3v) is 3.31. The molecule has 2 rings (SSSR count). The lowest BCUT2D eigenvalue weighted by atomic mass is 9.98. The maximum Gasteiger partial charge on any atom is 0.310 e. The summed E-state index contributed by atoms with van der Waals surface area (Å²) in [5.74, 6) is 1.37. The minimum Gasteiger partial charge on any atom is -0.493 e. The summed E-state index contributed by atoms with van der Waals surface area (Å²) < 4.78 is 10.4. The zero-order valence-electron chi connectivity index (χ0n) is 11.5. The zero-order chi connectivity index (χ0) is 13.7. The summed E-state index contributed by atoms with van der Waals surface area (Å²) in [4.78, 5) is 18.3. The number of ether oxygens (including phenoxy) is 2. The summed E-state index contributed by atoms with van der Waals surface area (Å²) in [6.45, 7) is 3.80. The highest BCUT2D eigenvalue weighted by Gasteiger charge is 2.28. The van der Waals surface area contributed by atoms with E-state index in [2.05, 4.69) is 9.88 Å². The van der Waals surface area contributed by atoms with Gasteiger partial charge in [0.2, 0.25) is 0 Å². The number of carbonyl (C=O) groups is 1. The molecule has 0 aliphatic carbocycles. The van der Waals surface area contributed by atoms with Gasteiger partial charge in [0, 0.05) is 19.3 Å². The lowest BCUT2D eigenvalue weighted by Gasteiger charge is -2.32. The van der Waals surface area contributed by atoms with Gasteiger partial charge in [0.1, 0.15) is 0 Å². The predicted molar refractivity (Wildman–Crippen MR) is 72.4 cm³/mol. The van der Waals surface area contributed by atoms with Gasteiger partial charge in [0.15, 0.2) is 11.6 Å². The van der Waals surface area contributed by atoms with Crippen molar-refractivity contribution in [3.05, 3.63) is 18.3 Å². The molecule has 0 radical (unpaired) electrons. The van der Waals surface area contributed by atoms with Crippen LogP contribution in [0.3, 0.4) is 0 Å². The van der Waals surface area contributed by atoms with Crippen molar-refractivity contribution in [3.63, 3.8) is 0 Å². The smallest absolute Gasteiger partial charge is 0.310 e. The molecular weight excluding hydrogens is 244 g/mol. The molecule has 2 heterocycles. The van der Waals surface area contributed by atoms with Crippen LogP contribution in [-0.4, -0.2) is 37.8 Å². The number of aromatic nitrogens is 1. The molecule has 5 nitrogen and oxygen atoms in total. The first kappa shape index (κ1) is 13.6. The highest BCUT2D eigenvalue weighted by molar-refractivity contribution is 5.73. The Morgan fingerprint density at radius 1 is 1.58 bits per heavy atom. The third kappa shape index (κ3) is 3.16. The van der Waals surface area contributed by atoms with E-state index in [1.54, 1.807) is 13.3 Å². The Hall–Kier alpha value is -1.78. The standard InChI is InChI=1S/C14H20N2O3/c1-3-19-14(17)11-6-5-9-16(10-11)13-12(18-2)7-4-8-15-13/h4,7-8,11H,3,5-6,9-10H2,1-2H3. The number of carbonyl (C=O) groups excluding carboxylic acids is 1. The summed E-state index contributed by atoms with van der Waals surface area (Å²) in [5.41, 5.74) is 0. The van der Waals surface area contributed by atoms with Gasteiger partial charge >= 0.3 is 5.97 Å². The first-order chi connectivity index (χ1) is 9.26. The molecule has 5 heteroatoms. The molecule has 19 heavy (non-hydrogen) atoms. The van der Waals surface area contributed by atoms with Crippen molar-refractivity contribution in [2.75, 3.05) is 31.7 Å². The van der Waals surface area contributed by atoms with Gasteiger partial charge in [-0.3, -0.25) is 4.79 Å². The number of esters is 1. The molecule has 0 saturated carbocycles. The van der Waals surface area contributed by atoms with E-state index in [1.165, 1.54) is 0 Å². The van der Waals surface area contributed by atoms with Crippen molar-refractivity contribution in [2.45, 2.75) is 19.8 Å². The van der Waals surface area contributed by atoms with Gasteiger partial charge in [-0.05, 0) is 31.9 Å². The molecule has 1 unspecified atom stereocenters. The van der Waals surface area contributed by atoms with Gasteiger partial charge in [-0.25, -0.2) is 4.98 Å². The molecule has 1 aromatic rings. The van der Waals surface area contributed by atoms with Crippen LogP contribution < -0.4 is 9.64 Å². The van der Waals surface area contributed by atoms with Crippen molar-refractivity contribution in [3.8, 4) is 5.75 Å². The Kier molecular flexibility index (Phi) is 4.60. The SMILES string of the molecule is CCOC(=O)C1CCCN(c2ncccc2OC)C1. The highest BCUT2D eigenvalue weighted by atomic mass is 16.5. The van der Waals surface area contributed by atoms with Crippen LogP contribution in [0.1, 0.15) is 19.8 Å². The Morgan fingerprint density at radius 3 is 3.16 bits per heavy atom. The van der Waals surface area contributed by atoms with Crippen molar-refractivity contribution < 1.29 is 14.3 Å². The molecule has 0 amide bonds. The van der Waals surface area contributed by atoms with Crippen LogP contribution in [0.2, 0.25) is 0 Å². The van der Waals surface area contributed by atoms with E-state index >= 15 is 0 Å². The predicted octanol–water partition coefficient (Wildman–Crippen LogP) is 1.87. The average Bonchev–Trinajstić information content (AvgIpc) is 2.47. The summed E-state index contributed by atoms with van der Waals surface area (Å²) in [6, 6.07) is 3.73. The lowest BCUT2D eigenvalue weighted by molar-refractivity contribution is -0.148. The Labute approximate surface area is 113 Å². The molecule has 0 N–H and O–H groups in total. The van der Waals surface area contributed by atoms with E-state index < -0.39 is 0 Å². The Morgan fingerprint density at radius 2 is 2.42 bits per heavy atom. The van der Waals surface area contributed by atoms with Gasteiger partial charge in [-0.2, -0.15) is 0 Å². The number of rotatable bonds is 4. The van der Waals surface area contributed by atoms with Gasteiger partial charge in [0.05, 0.1) is 19.6 Å². The fraction of sp³-hybridized carbons (Fsp3) is 0.571. The molecule has 104 valence electrons. The van der Waals surface area contributed by atoms with Crippen LogP contribution in [-0.2, 0) is 9.53 Å². The molecule has 1 saturated heterocycles. The zero-order valence-corrected chi connectivity index (χ0v) is 11.5. The first-order valence-corrected chi connectivity index (χ1v) is 6.66. The van der Waals surface area contributed by atoms with Gasteiger partial charge in [0.25, 0.3) is 0 Å². The monoisotopic (exact) mass is 264 g/mol. The van der Waals surface area contributed by atoms with Gasteiger partial charge in [-0.15, -0.1) is 0 Å². The number of hydrogen-bond donors (Lipinski definition) is 0. The number of methoxy groups -OCH3 is 1. The van der Waals surface area contributed by atoms with Crippen LogP contribution in [0.25, 0.3) is 0 Å². The van der Waals surface area contributed by atoms with Crippen molar-refractivity contribution in [1.82, 2.24) is 4.98 Å². The van der Waals surface area contributed by atoms with E-state index in [1.807, 2.05) is 19.1 Å². The van der Waals surface area contributed by atoms with Crippen LogP contribution >= 0.6 is 0 Å². The Balaban J connectivity index is 2.10. The molecule has 1 aromatic heterocycles. The van der Waals surface area contributed by atoms with Gasteiger partial charge < -0.3 is 14.4 Å². The minimum atomic E-state index is -0.109. The maximum atomic E-state index is 11.8. The molecule has 1 aliphatic heterocycles. The summed E-state index contributed by atoms with van der Waals surface area (Å²) in [6.07, 6.45) is 3.58. The normalized spacial score (nSPS) is 19.1. The van der Waals surface area contributed by atoms with Crippen molar-refractivity contribution >= 4 is 11.8 Å². The van der Waals surface area contributed by atoms with Crippen molar-refractivity contribution in [2.24, 2.45) is 5.92 Å². The fourth-order valence-electron chi connectivity index (χ4n) is 2.40. The van der Waals surface area contributed by atoms with E-state index in [9.17, 15) is 4.79 Å². The number of nitrogens with zero attached hydrogens (tertiary/aromatic N) is 2. The second kappa shape index (κ2) is 6.41. The number of anilines is 1. The number of piperidine rings is 1. The maximum absolute atomic E-state index is 11.8. The van der Waals surface area contributed by atoms with E-state index in [0.717, 1.165) is 31.0 Å². The quantitative estimate of drug-likeness (QED) is 0.777. The van der Waals surface area contributed by atoms with Crippen LogP contribution in [0, 0.1) is 5.92 Å². The van der Waals surface area contributed by atoms with Crippen LogP contribution in [0.15, 0.2) is 18.3 Å². The fourth-order valence-corrected chi connectivity index (χ4v) is 2.40. The summed E-state index contributed by atoms with van der Waals surface area (Å²) in [5, 5.41) is 0. The lowest BCUT2D eigenvalue weighted by Crippen LogP contribution is -2.40. The largest absolute Gasteiger partial charge is 0.493 e. The molecular formula is C14H20N2O3. The van der Waals surface area contributed by atoms with E-state index in [-0.39, 0.29) is 11.9 Å². The third-order valence-electron chi connectivity index (χ3n) is 3.31. The van der Waals surface area contributed by atoms with E-state index in [4.69, 9.17) is 9.47 Å².